The topological polar surface area (TPSA) is 96.7 Å². The molecule has 5 rings (SSSR count). The van der Waals surface area contributed by atoms with Gasteiger partial charge in [0, 0.05) is 29.7 Å². The Labute approximate surface area is 177 Å². The van der Waals surface area contributed by atoms with E-state index in [1.54, 1.807) is 54.7 Å². The van der Waals surface area contributed by atoms with Crippen LogP contribution < -0.4 is 20.3 Å². The minimum absolute atomic E-state index is 0.186. The Bertz CT molecular complexity index is 1260. The largest absolute Gasteiger partial charge is 0.470 e. The summed E-state index contributed by atoms with van der Waals surface area (Å²) in [6, 6.07) is 18.7. The Balaban J connectivity index is 1.50. The van der Waals surface area contributed by atoms with Crippen LogP contribution in [0.4, 0.5) is 27.5 Å². The van der Waals surface area contributed by atoms with Gasteiger partial charge < -0.3 is 19.8 Å². The highest BCUT2D eigenvalue weighted by molar-refractivity contribution is 6.13. The van der Waals surface area contributed by atoms with Crippen molar-refractivity contribution in [2.45, 2.75) is 0 Å². The number of rotatable bonds is 3. The van der Waals surface area contributed by atoms with Crippen LogP contribution in [0.25, 0.3) is 0 Å². The summed E-state index contributed by atoms with van der Waals surface area (Å²) in [5, 5.41) is 5.53. The van der Waals surface area contributed by atoms with Gasteiger partial charge in [-0.2, -0.15) is 0 Å². The fourth-order valence-electron chi connectivity index (χ4n) is 3.28. The maximum atomic E-state index is 13.2. The highest BCUT2D eigenvalue weighted by Crippen LogP contribution is 2.43. The molecule has 4 aromatic rings. The number of hydrogen-bond acceptors (Lipinski definition) is 5. The van der Waals surface area contributed by atoms with Crippen molar-refractivity contribution in [2.75, 3.05) is 15.5 Å². The lowest BCUT2D eigenvalue weighted by molar-refractivity contribution is 0.0998. The predicted molar refractivity (Wildman–Crippen MR) is 115 cm³/mol. The summed E-state index contributed by atoms with van der Waals surface area (Å²) in [6.07, 6.45) is 4.51. The van der Waals surface area contributed by atoms with Crippen molar-refractivity contribution in [3.8, 4) is 11.6 Å². The van der Waals surface area contributed by atoms with Gasteiger partial charge in [0.15, 0.2) is 5.75 Å². The second-order valence-corrected chi connectivity index (χ2v) is 6.71. The van der Waals surface area contributed by atoms with E-state index in [2.05, 4.69) is 15.6 Å². The lowest BCUT2D eigenvalue weighted by Crippen LogP contribution is -2.24. The SMILES string of the molecule is O=C(Nc1ccccc1)Nc1ccc2c(c1)Oc1ncccc1C(=O)N2c1ccoc1. The molecular formula is C23H16N4O4. The number of nitrogens with zero attached hydrogens (tertiary/aromatic N) is 2. The number of amides is 3. The maximum absolute atomic E-state index is 13.2. The summed E-state index contributed by atoms with van der Waals surface area (Å²) in [6.45, 7) is 0. The fourth-order valence-corrected chi connectivity index (χ4v) is 3.28. The molecule has 2 aromatic carbocycles. The van der Waals surface area contributed by atoms with E-state index in [1.807, 2.05) is 18.2 Å². The average Bonchev–Trinajstić information content (AvgIpc) is 3.27. The fraction of sp³-hybridized carbons (Fsp3) is 0. The third kappa shape index (κ3) is 3.58. The minimum atomic E-state index is -0.402. The zero-order valence-corrected chi connectivity index (χ0v) is 16.1. The quantitative estimate of drug-likeness (QED) is 0.469. The zero-order valence-electron chi connectivity index (χ0n) is 16.1. The van der Waals surface area contributed by atoms with Crippen LogP contribution in [0.1, 0.15) is 10.4 Å². The van der Waals surface area contributed by atoms with Crippen LogP contribution in [0.2, 0.25) is 0 Å². The Hall–Kier alpha value is -4.59. The van der Waals surface area contributed by atoms with Crippen LogP contribution in [-0.2, 0) is 0 Å². The molecule has 0 atom stereocenters. The average molecular weight is 412 g/mol. The minimum Gasteiger partial charge on any atom is -0.470 e. The molecule has 0 saturated carbocycles. The van der Waals surface area contributed by atoms with E-state index in [0.29, 0.717) is 34.1 Å². The first-order valence-electron chi connectivity index (χ1n) is 9.46. The number of pyridine rings is 1. The number of carbonyl (C=O) groups excluding carboxylic acids is 2. The highest BCUT2D eigenvalue weighted by Gasteiger charge is 2.31. The number of urea groups is 1. The Morgan fingerprint density at radius 1 is 0.935 bits per heavy atom. The third-order valence-corrected chi connectivity index (χ3v) is 4.67. The predicted octanol–water partition coefficient (Wildman–Crippen LogP) is 5.40. The van der Waals surface area contributed by atoms with E-state index in [4.69, 9.17) is 9.15 Å². The number of hydrogen-bond donors (Lipinski definition) is 2. The first-order valence-corrected chi connectivity index (χ1v) is 9.46. The summed E-state index contributed by atoms with van der Waals surface area (Å²) in [4.78, 5) is 31.3. The van der Waals surface area contributed by atoms with Crippen molar-refractivity contribution < 1.29 is 18.7 Å². The van der Waals surface area contributed by atoms with Gasteiger partial charge in [-0.15, -0.1) is 0 Å². The number of para-hydroxylation sites is 1. The second kappa shape index (κ2) is 7.68. The molecule has 2 N–H and O–H groups in total. The number of aromatic nitrogens is 1. The van der Waals surface area contributed by atoms with Crippen molar-refractivity contribution in [1.82, 2.24) is 4.98 Å². The number of furan rings is 1. The number of anilines is 4. The van der Waals surface area contributed by atoms with E-state index in [9.17, 15) is 9.59 Å². The monoisotopic (exact) mass is 412 g/mol. The van der Waals surface area contributed by atoms with Crippen LogP contribution >= 0.6 is 0 Å². The molecule has 0 radical (unpaired) electrons. The van der Waals surface area contributed by atoms with Crippen molar-refractivity contribution in [1.29, 1.82) is 0 Å². The van der Waals surface area contributed by atoms with E-state index >= 15 is 0 Å². The summed E-state index contributed by atoms with van der Waals surface area (Å²) in [5.74, 6) is 0.251. The number of ether oxygens (including phenoxy) is 1. The molecule has 3 amide bonds. The van der Waals surface area contributed by atoms with Crippen molar-refractivity contribution in [2.24, 2.45) is 0 Å². The Kier molecular flexibility index (Phi) is 4.57. The molecule has 1 aliphatic rings. The highest BCUT2D eigenvalue weighted by atomic mass is 16.5. The Morgan fingerprint density at radius 2 is 1.77 bits per heavy atom. The second-order valence-electron chi connectivity index (χ2n) is 6.71. The summed E-state index contributed by atoms with van der Waals surface area (Å²) < 4.78 is 11.1. The van der Waals surface area contributed by atoms with Crippen molar-refractivity contribution in [3.63, 3.8) is 0 Å². The van der Waals surface area contributed by atoms with Crippen LogP contribution in [0, 0.1) is 0 Å². The molecule has 0 saturated heterocycles. The van der Waals surface area contributed by atoms with Gasteiger partial charge in [-0.25, -0.2) is 9.78 Å². The summed E-state index contributed by atoms with van der Waals surface area (Å²) in [7, 11) is 0. The zero-order chi connectivity index (χ0) is 21.2. The van der Waals surface area contributed by atoms with Gasteiger partial charge in [-0.3, -0.25) is 9.69 Å². The molecule has 31 heavy (non-hydrogen) atoms. The lowest BCUT2D eigenvalue weighted by Gasteiger charge is -2.20. The third-order valence-electron chi connectivity index (χ3n) is 4.67. The van der Waals surface area contributed by atoms with E-state index in [1.165, 1.54) is 17.4 Å². The molecule has 0 unspecified atom stereocenters. The van der Waals surface area contributed by atoms with Gasteiger partial charge in [-0.05, 0) is 36.4 Å². The molecule has 2 aromatic heterocycles. The van der Waals surface area contributed by atoms with Gasteiger partial charge in [0.1, 0.15) is 11.8 Å². The van der Waals surface area contributed by atoms with Gasteiger partial charge in [0.25, 0.3) is 5.91 Å². The van der Waals surface area contributed by atoms with Gasteiger partial charge in [0.05, 0.1) is 17.6 Å². The molecule has 0 fully saturated rings. The van der Waals surface area contributed by atoms with Crippen LogP contribution in [-0.4, -0.2) is 16.9 Å². The molecule has 0 aliphatic carbocycles. The number of carbonyl (C=O) groups is 2. The molecule has 152 valence electrons. The summed E-state index contributed by atoms with van der Waals surface area (Å²) in [5.41, 5.74) is 2.52. The molecule has 0 spiro atoms. The number of benzene rings is 2. The first-order chi connectivity index (χ1) is 15.2. The number of fused-ring (bicyclic) bond motifs is 2. The van der Waals surface area contributed by atoms with Gasteiger partial charge >= 0.3 is 6.03 Å². The Morgan fingerprint density at radius 3 is 2.58 bits per heavy atom. The van der Waals surface area contributed by atoms with Gasteiger partial charge in [0.2, 0.25) is 5.88 Å². The molecule has 3 heterocycles. The van der Waals surface area contributed by atoms with Crippen LogP contribution in [0.3, 0.4) is 0 Å². The van der Waals surface area contributed by atoms with Crippen molar-refractivity contribution >= 4 is 34.7 Å². The molecule has 1 aliphatic heterocycles. The smallest absolute Gasteiger partial charge is 0.323 e. The number of nitrogens with one attached hydrogen (secondary N) is 2. The first kappa shape index (κ1) is 18.4. The van der Waals surface area contributed by atoms with E-state index in [-0.39, 0.29) is 11.8 Å². The van der Waals surface area contributed by atoms with Gasteiger partial charge in [-0.1, -0.05) is 18.2 Å². The molecule has 8 nitrogen and oxygen atoms in total. The standard InChI is InChI=1S/C23H16N4O4/c28-22-18-7-4-11-24-21(18)31-20-13-16(26-23(29)25-15-5-2-1-3-6-15)8-9-19(20)27(22)17-10-12-30-14-17/h1-14H,(H2,25,26,29). The maximum Gasteiger partial charge on any atom is 0.323 e. The normalized spacial score (nSPS) is 12.3. The molecule has 0 bridgehead atoms. The van der Waals surface area contributed by atoms with E-state index in [0.717, 1.165) is 0 Å². The van der Waals surface area contributed by atoms with Crippen LogP contribution in [0.5, 0.6) is 11.6 Å². The molecular weight excluding hydrogens is 396 g/mol. The van der Waals surface area contributed by atoms with Crippen molar-refractivity contribution in [3.05, 3.63) is 91.0 Å². The lowest BCUT2D eigenvalue weighted by atomic mass is 10.2. The summed E-state index contributed by atoms with van der Waals surface area (Å²) >= 11 is 0. The van der Waals surface area contributed by atoms with Crippen LogP contribution in [0.15, 0.2) is 89.9 Å². The van der Waals surface area contributed by atoms with E-state index < -0.39 is 6.03 Å². The molecule has 8 heteroatoms.